The first kappa shape index (κ1) is 18.6. The number of rotatable bonds is 6. The van der Waals surface area contributed by atoms with Crippen molar-refractivity contribution in [3.8, 4) is 0 Å². The van der Waals surface area contributed by atoms with Crippen LogP contribution >= 0.6 is 7.26 Å². The fourth-order valence-corrected chi connectivity index (χ4v) is 8.24. The maximum atomic E-state index is 6.10. The summed E-state index contributed by atoms with van der Waals surface area (Å²) in [5, 5.41) is 4.21. The summed E-state index contributed by atoms with van der Waals surface area (Å²) in [4.78, 5) is 0. The van der Waals surface area contributed by atoms with Crippen LogP contribution in [0.25, 0.3) is 0 Å². The van der Waals surface area contributed by atoms with Gasteiger partial charge in [-0.3, -0.25) is 0 Å². The van der Waals surface area contributed by atoms with E-state index in [1.165, 1.54) is 27.0 Å². The van der Waals surface area contributed by atoms with Crippen molar-refractivity contribution in [3.63, 3.8) is 0 Å². The van der Waals surface area contributed by atoms with E-state index in [0.717, 1.165) is 6.16 Å². The molecule has 0 saturated heterocycles. The molecule has 0 fully saturated rings. The molecule has 28 heavy (non-hydrogen) atoms. The van der Waals surface area contributed by atoms with Crippen LogP contribution in [-0.4, -0.2) is 0 Å². The zero-order valence-corrected chi connectivity index (χ0v) is 16.8. The summed E-state index contributed by atoms with van der Waals surface area (Å²) in [6, 6.07) is 41.6. The van der Waals surface area contributed by atoms with Crippen LogP contribution in [0.5, 0.6) is 0 Å². The highest BCUT2D eigenvalue weighted by atomic mass is 31.2. The SMILES string of the molecule is NCc1ccccc1C[P+](c1ccccc1)(c1ccccc1)c1ccccc1. The summed E-state index contributed by atoms with van der Waals surface area (Å²) >= 11 is 0. The van der Waals surface area contributed by atoms with Crippen molar-refractivity contribution in [1.29, 1.82) is 0 Å². The standard InChI is InChI=1S/C26H25NP/c27-20-22-12-10-11-13-23(22)21-28(24-14-4-1-5-15-24,25-16-6-2-7-17-25)26-18-8-3-9-19-26/h1-19H,20-21,27H2/q+1. The summed E-state index contributed by atoms with van der Waals surface area (Å²) < 4.78 is 0. The number of nitrogens with two attached hydrogens (primary N) is 1. The molecule has 0 aliphatic heterocycles. The molecule has 2 N–H and O–H groups in total. The largest absolute Gasteiger partial charge is 0.326 e. The summed E-state index contributed by atoms with van der Waals surface area (Å²) in [6.45, 7) is 0.564. The second-order valence-electron chi connectivity index (χ2n) is 6.95. The van der Waals surface area contributed by atoms with E-state index in [-0.39, 0.29) is 0 Å². The molecule has 0 aromatic heterocycles. The maximum absolute atomic E-state index is 6.10. The Bertz CT molecular complexity index is 917. The number of hydrogen-bond donors (Lipinski definition) is 1. The van der Waals surface area contributed by atoms with Crippen LogP contribution in [0.2, 0.25) is 0 Å². The van der Waals surface area contributed by atoms with Crippen LogP contribution in [0.15, 0.2) is 115 Å². The Balaban J connectivity index is 2.01. The Morgan fingerprint density at radius 1 is 0.464 bits per heavy atom. The molecule has 0 spiro atoms. The van der Waals surface area contributed by atoms with Gasteiger partial charge in [-0.15, -0.1) is 0 Å². The highest BCUT2D eigenvalue weighted by molar-refractivity contribution is 7.95. The molecule has 0 heterocycles. The Labute approximate surface area is 168 Å². The van der Waals surface area contributed by atoms with Gasteiger partial charge in [0, 0.05) is 6.54 Å². The van der Waals surface area contributed by atoms with Crippen molar-refractivity contribution in [3.05, 3.63) is 126 Å². The Morgan fingerprint density at radius 2 is 0.821 bits per heavy atom. The first-order chi connectivity index (χ1) is 13.8. The van der Waals surface area contributed by atoms with Crippen molar-refractivity contribution in [2.75, 3.05) is 0 Å². The van der Waals surface area contributed by atoms with E-state index in [4.69, 9.17) is 5.73 Å². The van der Waals surface area contributed by atoms with Crippen molar-refractivity contribution in [2.45, 2.75) is 12.7 Å². The highest BCUT2D eigenvalue weighted by Gasteiger charge is 2.45. The minimum absolute atomic E-state index is 0.564. The second-order valence-corrected chi connectivity index (χ2v) is 10.4. The zero-order valence-electron chi connectivity index (χ0n) is 15.9. The summed E-state index contributed by atoms with van der Waals surface area (Å²) in [6.07, 6.45) is 0.971. The molecule has 4 aromatic rings. The fraction of sp³-hybridized carbons (Fsp3) is 0.0769. The van der Waals surface area contributed by atoms with Gasteiger partial charge in [-0.1, -0.05) is 78.9 Å². The van der Waals surface area contributed by atoms with Crippen LogP contribution in [0.1, 0.15) is 11.1 Å². The van der Waals surface area contributed by atoms with E-state index < -0.39 is 7.26 Å². The molecule has 0 atom stereocenters. The minimum Gasteiger partial charge on any atom is -0.326 e. The van der Waals surface area contributed by atoms with Gasteiger partial charge in [0.05, 0.1) is 6.16 Å². The molecule has 4 rings (SSSR count). The van der Waals surface area contributed by atoms with Crippen LogP contribution in [-0.2, 0) is 12.7 Å². The van der Waals surface area contributed by atoms with Gasteiger partial charge in [0.25, 0.3) is 0 Å². The predicted molar refractivity (Wildman–Crippen MR) is 123 cm³/mol. The molecule has 4 aromatic carbocycles. The second kappa shape index (κ2) is 8.52. The lowest BCUT2D eigenvalue weighted by atomic mass is 10.1. The summed E-state index contributed by atoms with van der Waals surface area (Å²) in [7, 11) is -1.87. The van der Waals surface area contributed by atoms with E-state index >= 15 is 0 Å². The van der Waals surface area contributed by atoms with E-state index in [0.29, 0.717) is 6.54 Å². The lowest BCUT2D eigenvalue weighted by Gasteiger charge is -2.28. The van der Waals surface area contributed by atoms with Gasteiger partial charge in [0.15, 0.2) is 0 Å². The lowest BCUT2D eigenvalue weighted by molar-refractivity contribution is 1.04. The first-order valence-electron chi connectivity index (χ1n) is 9.66. The lowest BCUT2D eigenvalue weighted by Crippen LogP contribution is -2.32. The Morgan fingerprint density at radius 3 is 1.21 bits per heavy atom. The summed E-state index contributed by atoms with van der Waals surface area (Å²) in [5.41, 5.74) is 8.67. The average Bonchev–Trinajstić information content (AvgIpc) is 2.79. The van der Waals surface area contributed by atoms with Gasteiger partial charge in [-0.25, -0.2) is 0 Å². The number of benzene rings is 4. The van der Waals surface area contributed by atoms with E-state index in [1.54, 1.807) is 0 Å². The van der Waals surface area contributed by atoms with Gasteiger partial charge in [0.1, 0.15) is 23.2 Å². The van der Waals surface area contributed by atoms with E-state index in [1.807, 2.05) is 0 Å². The van der Waals surface area contributed by atoms with Gasteiger partial charge in [-0.2, -0.15) is 0 Å². The molecule has 0 amide bonds. The molecule has 0 bridgehead atoms. The minimum atomic E-state index is -1.87. The van der Waals surface area contributed by atoms with Crippen molar-refractivity contribution in [2.24, 2.45) is 5.73 Å². The first-order valence-corrected chi connectivity index (χ1v) is 11.6. The van der Waals surface area contributed by atoms with Crippen LogP contribution in [0, 0.1) is 0 Å². The molecule has 0 saturated carbocycles. The molecule has 0 radical (unpaired) electrons. The molecule has 2 heteroatoms. The average molecular weight is 382 g/mol. The van der Waals surface area contributed by atoms with Gasteiger partial charge >= 0.3 is 0 Å². The molecule has 138 valence electrons. The maximum Gasteiger partial charge on any atom is 0.116 e. The third-order valence-corrected chi connectivity index (χ3v) is 9.69. The molecular weight excluding hydrogens is 357 g/mol. The summed E-state index contributed by atoms with van der Waals surface area (Å²) in [5.74, 6) is 0. The normalized spacial score (nSPS) is 11.3. The smallest absolute Gasteiger partial charge is 0.116 e. The van der Waals surface area contributed by atoms with Gasteiger partial charge in [-0.05, 0) is 47.5 Å². The third kappa shape index (κ3) is 3.52. The quantitative estimate of drug-likeness (QED) is 0.483. The molecule has 0 unspecified atom stereocenters. The van der Waals surface area contributed by atoms with Crippen molar-refractivity contribution >= 4 is 23.2 Å². The van der Waals surface area contributed by atoms with Crippen LogP contribution in [0.3, 0.4) is 0 Å². The number of hydrogen-bond acceptors (Lipinski definition) is 1. The third-order valence-electron chi connectivity index (χ3n) is 5.34. The Hall–Kier alpha value is -2.73. The highest BCUT2D eigenvalue weighted by Crippen LogP contribution is 2.58. The van der Waals surface area contributed by atoms with Gasteiger partial charge < -0.3 is 5.73 Å². The fourth-order valence-electron chi connectivity index (χ4n) is 3.93. The van der Waals surface area contributed by atoms with Crippen LogP contribution in [0.4, 0.5) is 0 Å². The molecule has 1 nitrogen and oxygen atoms in total. The van der Waals surface area contributed by atoms with Crippen LogP contribution < -0.4 is 21.6 Å². The van der Waals surface area contributed by atoms with Crippen molar-refractivity contribution < 1.29 is 0 Å². The monoisotopic (exact) mass is 382 g/mol. The van der Waals surface area contributed by atoms with E-state index in [9.17, 15) is 0 Å². The Kier molecular flexibility index (Phi) is 5.67. The molecule has 0 aliphatic rings. The zero-order chi connectivity index (χ0) is 19.2. The molecule has 0 aliphatic carbocycles. The van der Waals surface area contributed by atoms with Gasteiger partial charge in [0.2, 0.25) is 0 Å². The van der Waals surface area contributed by atoms with E-state index in [2.05, 4.69) is 115 Å². The molecular formula is C26H25NP+. The van der Waals surface area contributed by atoms with Crippen molar-refractivity contribution in [1.82, 2.24) is 0 Å². The predicted octanol–water partition coefficient (Wildman–Crippen LogP) is 4.64. The topological polar surface area (TPSA) is 26.0 Å².